The molecule has 1 heterocycles. The minimum atomic E-state index is -0.0513. The van der Waals surface area contributed by atoms with Crippen LogP contribution in [0, 0.1) is 0 Å². The lowest BCUT2D eigenvalue weighted by atomic mass is 10.2. The van der Waals surface area contributed by atoms with Crippen molar-refractivity contribution in [1.82, 2.24) is 9.13 Å². The second kappa shape index (κ2) is 5.01. The number of aryl methyl sites for hydroxylation is 2. The molecule has 3 rings (SSSR count). The highest BCUT2D eigenvalue weighted by Crippen LogP contribution is 2.25. The summed E-state index contributed by atoms with van der Waals surface area (Å²) in [6.45, 7) is 0.692. The van der Waals surface area contributed by atoms with E-state index in [-0.39, 0.29) is 5.69 Å². The first-order valence-electron chi connectivity index (χ1n) is 6.80. The normalized spacial score (nSPS) is 11.0. The van der Waals surface area contributed by atoms with Crippen LogP contribution in [-0.4, -0.2) is 9.13 Å². The van der Waals surface area contributed by atoms with Crippen molar-refractivity contribution in [3.63, 3.8) is 0 Å². The quantitative estimate of drug-likeness (QED) is 0.723. The molecule has 5 heteroatoms. The van der Waals surface area contributed by atoms with E-state index in [2.05, 4.69) is 17.4 Å². The molecule has 0 aliphatic rings. The first-order chi connectivity index (χ1) is 10.1. The van der Waals surface area contributed by atoms with Crippen molar-refractivity contribution in [2.45, 2.75) is 6.54 Å². The molecule has 0 amide bonds. The maximum Gasteiger partial charge on any atom is 0.328 e. The third-order valence-electron chi connectivity index (χ3n) is 3.77. The number of aromatic nitrogens is 2. The van der Waals surface area contributed by atoms with Crippen molar-refractivity contribution in [3.05, 3.63) is 58.5 Å². The van der Waals surface area contributed by atoms with Crippen LogP contribution in [0.4, 0.5) is 11.4 Å². The van der Waals surface area contributed by atoms with Crippen LogP contribution in [0.15, 0.2) is 47.3 Å². The minimum absolute atomic E-state index is 0.0513. The van der Waals surface area contributed by atoms with Crippen molar-refractivity contribution in [3.8, 4) is 0 Å². The van der Waals surface area contributed by atoms with Gasteiger partial charge in [-0.15, -0.1) is 0 Å². The van der Waals surface area contributed by atoms with Crippen molar-refractivity contribution in [1.29, 1.82) is 0 Å². The van der Waals surface area contributed by atoms with Crippen LogP contribution in [-0.2, 0) is 20.6 Å². The summed E-state index contributed by atoms with van der Waals surface area (Å²) >= 11 is 0. The number of hydrogen-bond acceptors (Lipinski definition) is 3. The molecular weight excluding hydrogens is 264 g/mol. The van der Waals surface area contributed by atoms with Gasteiger partial charge in [-0.05, 0) is 17.7 Å². The summed E-state index contributed by atoms with van der Waals surface area (Å²) in [6, 6.07) is 13.9. The van der Waals surface area contributed by atoms with Crippen LogP contribution >= 0.6 is 0 Å². The van der Waals surface area contributed by atoms with Gasteiger partial charge in [-0.2, -0.15) is 0 Å². The van der Waals surface area contributed by atoms with Gasteiger partial charge in [0.1, 0.15) is 0 Å². The second-order valence-electron chi connectivity index (χ2n) is 5.17. The highest BCUT2D eigenvalue weighted by atomic mass is 16.1. The molecule has 0 aliphatic heterocycles. The van der Waals surface area contributed by atoms with E-state index in [1.807, 2.05) is 30.3 Å². The Morgan fingerprint density at radius 3 is 2.33 bits per heavy atom. The Morgan fingerprint density at radius 2 is 1.67 bits per heavy atom. The number of nitrogens with one attached hydrogen (secondary N) is 1. The lowest BCUT2D eigenvalue weighted by molar-refractivity contribution is 0.795. The topological polar surface area (TPSA) is 65.0 Å². The van der Waals surface area contributed by atoms with Crippen molar-refractivity contribution in [2.75, 3.05) is 11.1 Å². The zero-order valence-corrected chi connectivity index (χ0v) is 12.1. The van der Waals surface area contributed by atoms with E-state index in [0.29, 0.717) is 12.2 Å². The summed E-state index contributed by atoms with van der Waals surface area (Å²) in [5.74, 6) is 0. The molecule has 3 aromatic rings. The first-order valence-corrected chi connectivity index (χ1v) is 6.80. The van der Waals surface area contributed by atoms with Crippen LogP contribution in [0.5, 0.6) is 0 Å². The van der Waals surface area contributed by atoms with E-state index < -0.39 is 0 Å². The number of nitrogens with two attached hydrogens (primary N) is 1. The summed E-state index contributed by atoms with van der Waals surface area (Å²) in [5, 5.41) is 3.33. The molecule has 3 N–H and O–H groups in total. The standard InChI is InChI=1S/C16H18N4O/c1-19-14-8-12(17)13(9-15(14)20(2)16(19)21)18-10-11-6-4-3-5-7-11/h3-9,18H,10,17H2,1-2H3. The number of anilines is 2. The van der Waals surface area contributed by atoms with Crippen LogP contribution < -0.4 is 16.7 Å². The molecule has 0 atom stereocenters. The van der Waals surface area contributed by atoms with Crippen LogP contribution in [0.3, 0.4) is 0 Å². The molecular formula is C16H18N4O. The van der Waals surface area contributed by atoms with Gasteiger partial charge in [0, 0.05) is 20.6 Å². The fraction of sp³-hybridized carbons (Fsp3) is 0.188. The van der Waals surface area contributed by atoms with Crippen LogP contribution in [0.25, 0.3) is 11.0 Å². The molecule has 0 saturated heterocycles. The Morgan fingerprint density at radius 1 is 1.05 bits per heavy atom. The van der Waals surface area contributed by atoms with Gasteiger partial charge in [0.15, 0.2) is 0 Å². The highest BCUT2D eigenvalue weighted by Gasteiger charge is 2.10. The van der Waals surface area contributed by atoms with Crippen LogP contribution in [0.2, 0.25) is 0 Å². The number of nitrogen functional groups attached to an aromatic ring is 1. The third kappa shape index (κ3) is 2.27. The lowest BCUT2D eigenvalue weighted by Gasteiger charge is -2.10. The molecule has 2 aromatic carbocycles. The second-order valence-corrected chi connectivity index (χ2v) is 5.17. The average molecular weight is 282 g/mol. The van der Waals surface area contributed by atoms with E-state index in [1.165, 1.54) is 5.56 Å². The molecule has 108 valence electrons. The first kappa shape index (κ1) is 13.3. The predicted molar refractivity (Wildman–Crippen MR) is 86.3 cm³/mol. The summed E-state index contributed by atoms with van der Waals surface area (Å²) in [7, 11) is 3.52. The van der Waals surface area contributed by atoms with Gasteiger partial charge >= 0.3 is 5.69 Å². The van der Waals surface area contributed by atoms with Crippen molar-refractivity contribution >= 4 is 22.4 Å². The van der Waals surface area contributed by atoms with Gasteiger partial charge in [0.05, 0.1) is 22.4 Å². The van der Waals surface area contributed by atoms with Crippen molar-refractivity contribution in [2.24, 2.45) is 14.1 Å². The Kier molecular flexibility index (Phi) is 3.17. The fourth-order valence-electron chi connectivity index (χ4n) is 2.51. The molecule has 0 aliphatic carbocycles. The molecule has 0 spiro atoms. The molecule has 0 unspecified atom stereocenters. The Bertz CT molecular complexity index is 846. The lowest BCUT2D eigenvalue weighted by Crippen LogP contribution is -2.19. The highest BCUT2D eigenvalue weighted by molar-refractivity contribution is 5.87. The summed E-state index contributed by atoms with van der Waals surface area (Å²) < 4.78 is 3.23. The molecule has 0 bridgehead atoms. The number of hydrogen-bond donors (Lipinski definition) is 2. The molecule has 1 aromatic heterocycles. The molecule has 21 heavy (non-hydrogen) atoms. The van der Waals surface area contributed by atoms with Crippen molar-refractivity contribution < 1.29 is 0 Å². The van der Waals surface area contributed by atoms with E-state index in [4.69, 9.17) is 5.73 Å². The summed E-state index contributed by atoms with van der Waals surface area (Å²) in [6.07, 6.45) is 0. The van der Waals surface area contributed by atoms with Gasteiger partial charge in [0.25, 0.3) is 0 Å². The number of fused-ring (bicyclic) bond motifs is 1. The average Bonchev–Trinajstić information content (AvgIpc) is 2.71. The van der Waals surface area contributed by atoms with E-state index in [9.17, 15) is 4.79 Å². The maximum atomic E-state index is 12.0. The van der Waals surface area contributed by atoms with Gasteiger partial charge in [-0.25, -0.2) is 4.79 Å². The van der Waals surface area contributed by atoms with E-state index in [1.54, 1.807) is 23.2 Å². The van der Waals surface area contributed by atoms with Gasteiger partial charge in [-0.3, -0.25) is 9.13 Å². The van der Waals surface area contributed by atoms with Gasteiger partial charge in [0.2, 0.25) is 0 Å². The molecule has 0 fully saturated rings. The smallest absolute Gasteiger partial charge is 0.328 e. The fourth-order valence-corrected chi connectivity index (χ4v) is 2.51. The zero-order valence-electron chi connectivity index (χ0n) is 12.1. The summed E-state index contributed by atoms with van der Waals surface area (Å²) in [4.78, 5) is 12.0. The Hall–Kier alpha value is -2.69. The van der Waals surface area contributed by atoms with E-state index in [0.717, 1.165) is 16.7 Å². The largest absolute Gasteiger partial charge is 0.397 e. The number of nitrogens with zero attached hydrogens (tertiary/aromatic N) is 2. The molecule has 0 radical (unpaired) electrons. The molecule has 0 saturated carbocycles. The zero-order chi connectivity index (χ0) is 15.0. The number of rotatable bonds is 3. The minimum Gasteiger partial charge on any atom is -0.397 e. The number of imidazole rings is 1. The molecule has 5 nitrogen and oxygen atoms in total. The van der Waals surface area contributed by atoms with Gasteiger partial charge < -0.3 is 11.1 Å². The predicted octanol–water partition coefficient (Wildman–Crippen LogP) is 2.07. The van der Waals surface area contributed by atoms with Crippen LogP contribution in [0.1, 0.15) is 5.56 Å². The monoisotopic (exact) mass is 282 g/mol. The third-order valence-corrected chi connectivity index (χ3v) is 3.77. The summed E-state index contributed by atoms with van der Waals surface area (Å²) in [5.41, 5.74) is 10.4. The SMILES string of the molecule is Cn1c(=O)n(C)c2cc(NCc3ccccc3)c(N)cc21. The number of benzene rings is 2. The Labute approximate surface area is 122 Å². The maximum absolute atomic E-state index is 12.0. The van der Waals surface area contributed by atoms with Gasteiger partial charge in [-0.1, -0.05) is 30.3 Å². The van der Waals surface area contributed by atoms with E-state index >= 15 is 0 Å². The Balaban J connectivity index is 1.98.